The second-order valence-electron chi connectivity index (χ2n) is 7.21. The van der Waals surface area contributed by atoms with Gasteiger partial charge in [-0.1, -0.05) is 30.2 Å². The first-order chi connectivity index (χ1) is 12.1. The average Bonchev–Trinajstić information content (AvgIpc) is 2.94. The first-order valence-electron chi connectivity index (χ1n) is 8.86. The molecule has 1 saturated carbocycles. The number of hydrogen-bond acceptors (Lipinski definition) is 2. The Kier molecular flexibility index (Phi) is 4.20. The molecule has 6 heteroatoms. The predicted octanol–water partition coefficient (Wildman–Crippen LogP) is 3.26. The minimum atomic E-state index is 0.0165. The van der Waals surface area contributed by atoms with Crippen molar-refractivity contribution in [1.29, 1.82) is 0 Å². The second kappa shape index (κ2) is 6.37. The van der Waals surface area contributed by atoms with Gasteiger partial charge in [-0.25, -0.2) is 4.79 Å². The number of halogens is 1. The molecule has 0 unspecified atom stereocenters. The van der Waals surface area contributed by atoms with E-state index in [1.54, 1.807) is 0 Å². The van der Waals surface area contributed by atoms with Gasteiger partial charge in [-0.3, -0.25) is 4.68 Å². The fraction of sp³-hybridized carbons (Fsp3) is 0.474. The molecule has 0 saturated heterocycles. The number of nitrogens with zero attached hydrogens (tertiary/aromatic N) is 3. The summed E-state index contributed by atoms with van der Waals surface area (Å²) in [6.07, 6.45) is 6.12. The minimum absolute atomic E-state index is 0.0165. The van der Waals surface area contributed by atoms with Gasteiger partial charge in [0.1, 0.15) is 0 Å². The van der Waals surface area contributed by atoms with E-state index in [2.05, 4.69) is 16.5 Å². The topological polar surface area (TPSA) is 50.2 Å². The van der Waals surface area contributed by atoms with Crippen molar-refractivity contribution in [2.75, 3.05) is 13.1 Å². The van der Waals surface area contributed by atoms with Gasteiger partial charge in [0.2, 0.25) is 0 Å². The van der Waals surface area contributed by atoms with Crippen LogP contribution in [0.15, 0.2) is 30.5 Å². The zero-order chi connectivity index (χ0) is 17.4. The maximum atomic E-state index is 12.7. The fourth-order valence-corrected chi connectivity index (χ4v) is 4.20. The molecule has 0 radical (unpaired) electrons. The predicted molar refractivity (Wildman–Crippen MR) is 97.7 cm³/mol. The van der Waals surface area contributed by atoms with Crippen molar-refractivity contribution >= 4 is 17.6 Å². The van der Waals surface area contributed by atoms with E-state index in [0.717, 1.165) is 36.4 Å². The summed E-state index contributed by atoms with van der Waals surface area (Å²) >= 11 is 6.16. The number of urea groups is 1. The average molecular weight is 359 g/mol. The lowest BCUT2D eigenvalue weighted by Gasteiger charge is -2.43. The Hall–Kier alpha value is -2.01. The molecule has 132 valence electrons. The lowest BCUT2D eigenvalue weighted by atomic mass is 9.64. The van der Waals surface area contributed by atoms with Crippen LogP contribution in [0.1, 0.15) is 36.1 Å². The lowest BCUT2D eigenvalue weighted by molar-refractivity contribution is 0.178. The van der Waals surface area contributed by atoms with Crippen LogP contribution in [0.2, 0.25) is 5.02 Å². The van der Waals surface area contributed by atoms with Crippen LogP contribution < -0.4 is 5.32 Å². The highest BCUT2D eigenvalue weighted by molar-refractivity contribution is 6.30. The molecule has 0 atom stereocenters. The van der Waals surface area contributed by atoms with Gasteiger partial charge in [0.15, 0.2) is 0 Å². The third-order valence-electron chi connectivity index (χ3n) is 5.74. The molecule has 1 aromatic carbocycles. The van der Waals surface area contributed by atoms with Crippen LogP contribution in [-0.4, -0.2) is 33.8 Å². The van der Waals surface area contributed by atoms with Gasteiger partial charge in [0.05, 0.1) is 12.7 Å². The molecule has 2 aromatic rings. The maximum absolute atomic E-state index is 12.7. The summed E-state index contributed by atoms with van der Waals surface area (Å²) in [6, 6.07) is 8.07. The van der Waals surface area contributed by atoms with Crippen LogP contribution in [0.5, 0.6) is 0 Å². The summed E-state index contributed by atoms with van der Waals surface area (Å²) in [6.45, 7) is 2.05. The van der Waals surface area contributed by atoms with Crippen LogP contribution in [0.25, 0.3) is 0 Å². The van der Waals surface area contributed by atoms with Gasteiger partial charge in [-0.2, -0.15) is 5.10 Å². The number of benzene rings is 1. The van der Waals surface area contributed by atoms with Gasteiger partial charge in [0, 0.05) is 48.3 Å². The Labute approximate surface area is 153 Å². The van der Waals surface area contributed by atoms with E-state index in [1.807, 2.05) is 41.0 Å². The van der Waals surface area contributed by atoms with E-state index >= 15 is 0 Å². The molecule has 4 rings (SSSR count). The number of fused-ring (bicyclic) bond motifs is 1. The van der Waals surface area contributed by atoms with Crippen LogP contribution in [0.3, 0.4) is 0 Å². The number of hydrogen-bond donors (Lipinski definition) is 1. The first-order valence-corrected chi connectivity index (χ1v) is 9.24. The third-order valence-corrected chi connectivity index (χ3v) is 5.98. The molecule has 2 amide bonds. The number of carbonyl (C=O) groups is 1. The van der Waals surface area contributed by atoms with E-state index in [9.17, 15) is 4.79 Å². The number of aryl methyl sites for hydroxylation is 1. The van der Waals surface area contributed by atoms with Crippen molar-refractivity contribution in [2.24, 2.45) is 7.05 Å². The first kappa shape index (κ1) is 16.5. The Morgan fingerprint density at radius 3 is 2.96 bits per heavy atom. The molecule has 0 spiro atoms. The van der Waals surface area contributed by atoms with Crippen molar-refractivity contribution in [1.82, 2.24) is 20.0 Å². The number of rotatable bonds is 3. The molecule has 25 heavy (non-hydrogen) atoms. The standard InChI is InChI=1S/C19H23ClN4O/c1-23-17-6-9-24(12-14(17)11-22-23)18(25)21-13-19(7-3-8-19)15-4-2-5-16(20)10-15/h2,4-5,10-11H,3,6-9,12-13H2,1H3,(H,21,25). The minimum Gasteiger partial charge on any atom is -0.337 e. The van der Waals surface area contributed by atoms with Crippen molar-refractivity contribution < 1.29 is 4.79 Å². The van der Waals surface area contributed by atoms with Crippen molar-refractivity contribution in [3.05, 3.63) is 52.3 Å². The summed E-state index contributed by atoms with van der Waals surface area (Å²) < 4.78 is 1.91. The van der Waals surface area contributed by atoms with Crippen LogP contribution in [-0.2, 0) is 25.4 Å². The molecule has 5 nitrogen and oxygen atoms in total. The van der Waals surface area contributed by atoms with E-state index < -0.39 is 0 Å². The van der Waals surface area contributed by atoms with Gasteiger partial charge >= 0.3 is 6.03 Å². The third kappa shape index (κ3) is 3.01. The van der Waals surface area contributed by atoms with E-state index in [-0.39, 0.29) is 11.4 Å². The molecule has 1 N–H and O–H groups in total. The van der Waals surface area contributed by atoms with Gasteiger partial charge < -0.3 is 10.2 Å². The van der Waals surface area contributed by atoms with Crippen LogP contribution in [0, 0.1) is 0 Å². The zero-order valence-electron chi connectivity index (χ0n) is 14.5. The van der Waals surface area contributed by atoms with E-state index in [1.165, 1.54) is 17.7 Å². The number of carbonyl (C=O) groups excluding carboxylic acids is 1. The van der Waals surface area contributed by atoms with Gasteiger partial charge in [0.25, 0.3) is 0 Å². The Morgan fingerprint density at radius 2 is 2.24 bits per heavy atom. The summed E-state index contributed by atoms with van der Waals surface area (Å²) in [5.41, 5.74) is 3.66. The lowest BCUT2D eigenvalue weighted by Crippen LogP contribution is -2.50. The smallest absolute Gasteiger partial charge is 0.317 e. The molecule has 1 aliphatic carbocycles. The summed E-state index contributed by atoms with van der Waals surface area (Å²) in [5, 5.41) is 8.22. The molecule has 0 bridgehead atoms. The van der Waals surface area contributed by atoms with Crippen molar-refractivity contribution in [3.8, 4) is 0 Å². The SMILES string of the molecule is Cn1ncc2c1CCN(C(=O)NCC1(c3cccc(Cl)c3)CCC1)C2. The van der Waals surface area contributed by atoms with Crippen LogP contribution >= 0.6 is 11.6 Å². The molecule has 1 aromatic heterocycles. The molecular formula is C19H23ClN4O. The highest BCUT2D eigenvalue weighted by Crippen LogP contribution is 2.43. The van der Waals surface area contributed by atoms with Gasteiger partial charge in [-0.05, 0) is 30.5 Å². The summed E-state index contributed by atoms with van der Waals surface area (Å²) in [7, 11) is 1.96. The maximum Gasteiger partial charge on any atom is 0.317 e. The molecular weight excluding hydrogens is 336 g/mol. The quantitative estimate of drug-likeness (QED) is 0.915. The van der Waals surface area contributed by atoms with Crippen LogP contribution in [0.4, 0.5) is 4.79 Å². The number of amides is 2. The largest absolute Gasteiger partial charge is 0.337 e. The fourth-order valence-electron chi connectivity index (χ4n) is 4.01. The van der Waals surface area contributed by atoms with E-state index in [4.69, 9.17) is 11.6 Å². The number of nitrogens with one attached hydrogen (secondary N) is 1. The second-order valence-corrected chi connectivity index (χ2v) is 7.65. The molecule has 1 fully saturated rings. The highest BCUT2D eigenvalue weighted by atomic mass is 35.5. The molecule has 1 aliphatic heterocycles. The normalized spacial score (nSPS) is 18.4. The van der Waals surface area contributed by atoms with Crippen molar-refractivity contribution in [2.45, 2.75) is 37.6 Å². The Bertz CT molecular complexity index is 796. The Balaban J connectivity index is 1.41. The highest BCUT2D eigenvalue weighted by Gasteiger charge is 2.39. The Morgan fingerprint density at radius 1 is 1.40 bits per heavy atom. The van der Waals surface area contributed by atoms with E-state index in [0.29, 0.717) is 13.1 Å². The molecule has 2 aliphatic rings. The number of aromatic nitrogens is 2. The zero-order valence-corrected chi connectivity index (χ0v) is 15.2. The summed E-state index contributed by atoms with van der Waals surface area (Å²) in [5.74, 6) is 0. The van der Waals surface area contributed by atoms with Gasteiger partial charge in [-0.15, -0.1) is 0 Å². The summed E-state index contributed by atoms with van der Waals surface area (Å²) in [4.78, 5) is 14.5. The van der Waals surface area contributed by atoms with Crippen molar-refractivity contribution in [3.63, 3.8) is 0 Å². The molecule has 2 heterocycles. The monoisotopic (exact) mass is 358 g/mol.